The molecule has 10 nitrogen and oxygen atoms in total. The van der Waals surface area contributed by atoms with E-state index in [1.54, 1.807) is 54.6 Å². The number of hydrogen-bond acceptors (Lipinski definition) is 6. The topological polar surface area (TPSA) is 127 Å². The molecule has 2 amide bonds. The van der Waals surface area contributed by atoms with Gasteiger partial charge in [0, 0.05) is 17.7 Å². The Bertz CT molecular complexity index is 1380. The summed E-state index contributed by atoms with van der Waals surface area (Å²) in [6.07, 6.45) is 0. The normalized spacial score (nSPS) is 10.4. The van der Waals surface area contributed by atoms with Crippen LogP contribution in [0, 0.1) is 0 Å². The Labute approximate surface area is 194 Å². The number of H-pyrrole nitrogens is 1. The van der Waals surface area contributed by atoms with Gasteiger partial charge in [-0.05, 0) is 24.3 Å². The van der Waals surface area contributed by atoms with Crippen LogP contribution >= 0.6 is 0 Å². The Morgan fingerprint density at radius 2 is 1.35 bits per heavy atom. The number of aromatic nitrogens is 3. The molecule has 10 heteroatoms. The van der Waals surface area contributed by atoms with Gasteiger partial charge in [-0.2, -0.15) is 4.68 Å². The first-order valence-electron chi connectivity index (χ1n) is 10.2. The number of ether oxygens (including phenoxy) is 2. The lowest BCUT2D eigenvalue weighted by molar-refractivity contribution is 0.101. The number of hydrogen-bond donors (Lipinski definition) is 3. The first kappa shape index (κ1) is 22.3. The minimum absolute atomic E-state index is 0.184. The Kier molecular flexibility index (Phi) is 6.40. The third-order valence-corrected chi connectivity index (χ3v) is 4.89. The van der Waals surface area contributed by atoms with Gasteiger partial charge in [-0.3, -0.25) is 14.6 Å². The highest BCUT2D eigenvalue weighted by atomic mass is 16.5. The molecule has 172 valence electrons. The number of nitrogens with zero attached hydrogens (tertiary/aromatic N) is 2. The van der Waals surface area contributed by atoms with E-state index in [9.17, 15) is 14.4 Å². The summed E-state index contributed by atoms with van der Waals surface area (Å²) in [6, 6.07) is 20.4. The van der Waals surface area contributed by atoms with Crippen LogP contribution in [0.1, 0.15) is 21.0 Å². The van der Waals surface area contributed by atoms with Crippen LogP contribution in [0.3, 0.4) is 0 Å². The summed E-state index contributed by atoms with van der Waals surface area (Å²) < 4.78 is 11.9. The summed E-state index contributed by atoms with van der Waals surface area (Å²) in [4.78, 5) is 40.1. The standard InChI is InChI=1S/C24H21N5O5/c1-33-19-14-18(20(34-2)13-17(19)25-22(30)15-9-5-3-6-10-15)26-23(31)21-27-24(32)29(28-21)16-11-7-4-8-12-16/h3-14H,1-2H3,(H,25,30)(H,26,31)(H,27,28,32). The number of carbonyl (C=O) groups excluding carboxylic acids is 2. The molecule has 0 fully saturated rings. The summed E-state index contributed by atoms with van der Waals surface area (Å²) in [6.45, 7) is 0. The van der Waals surface area contributed by atoms with Crippen LogP contribution in [0.25, 0.3) is 5.69 Å². The fourth-order valence-corrected chi connectivity index (χ4v) is 3.23. The number of rotatable bonds is 7. The first-order valence-corrected chi connectivity index (χ1v) is 10.2. The van der Waals surface area contributed by atoms with Crippen LogP contribution in [0.2, 0.25) is 0 Å². The number of benzene rings is 3. The van der Waals surface area contributed by atoms with Gasteiger partial charge in [0.1, 0.15) is 11.5 Å². The zero-order valence-electron chi connectivity index (χ0n) is 18.4. The molecule has 34 heavy (non-hydrogen) atoms. The van der Waals surface area contributed by atoms with Crippen molar-refractivity contribution in [1.82, 2.24) is 14.8 Å². The van der Waals surface area contributed by atoms with E-state index >= 15 is 0 Å². The summed E-state index contributed by atoms with van der Waals surface area (Å²) in [7, 11) is 2.86. The van der Waals surface area contributed by atoms with E-state index in [1.165, 1.54) is 26.4 Å². The highest BCUT2D eigenvalue weighted by molar-refractivity contribution is 6.06. The van der Waals surface area contributed by atoms with E-state index in [1.807, 2.05) is 6.07 Å². The van der Waals surface area contributed by atoms with Crippen molar-refractivity contribution in [3.8, 4) is 17.2 Å². The van der Waals surface area contributed by atoms with E-state index in [0.29, 0.717) is 22.7 Å². The van der Waals surface area contributed by atoms with Crippen molar-refractivity contribution in [1.29, 1.82) is 0 Å². The molecule has 3 N–H and O–H groups in total. The number of amides is 2. The fraction of sp³-hybridized carbons (Fsp3) is 0.0833. The second-order valence-corrected chi connectivity index (χ2v) is 7.05. The Hall–Kier alpha value is -4.86. The van der Waals surface area contributed by atoms with Crippen molar-refractivity contribution in [2.24, 2.45) is 0 Å². The molecule has 0 aliphatic carbocycles. The minimum Gasteiger partial charge on any atom is -0.494 e. The number of anilines is 2. The summed E-state index contributed by atoms with van der Waals surface area (Å²) in [5, 5.41) is 9.50. The molecular weight excluding hydrogens is 438 g/mol. The average Bonchev–Trinajstić information content (AvgIpc) is 3.27. The summed E-state index contributed by atoms with van der Waals surface area (Å²) in [5.74, 6) is -0.614. The van der Waals surface area contributed by atoms with Gasteiger partial charge < -0.3 is 20.1 Å². The van der Waals surface area contributed by atoms with E-state index in [2.05, 4.69) is 20.7 Å². The van der Waals surface area contributed by atoms with Crippen LogP contribution in [0.15, 0.2) is 77.6 Å². The molecule has 0 radical (unpaired) electrons. The molecule has 0 aliphatic rings. The summed E-state index contributed by atoms with van der Waals surface area (Å²) >= 11 is 0. The second kappa shape index (κ2) is 9.74. The van der Waals surface area contributed by atoms with Crippen molar-refractivity contribution in [2.45, 2.75) is 0 Å². The summed E-state index contributed by atoms with van der Waals surface area (Å²) in [5.41, 5.74) is 1.05. The Morgan fingerprint density at radius 1 is 0.824 bits per heavy atom. The quantitative estimate of drug-likeness (QED) is 0.390. The zero-order chi connectivity index (χ0) is 24.1. The Morgan fingerprint density at radius 3 is 1.91 bits per heavy atom. The van der Waals surface area contributed by atoms with Crippen LogP contribution in [0.4, 0.5) is 11.4 Å². The molecule has 1 aromatic heterocycles. The smallest absolute Gasteiger partial charge is 0.348 e. The molecule has 0 unspecified atom stereocenters. The van der Waals surface area contributed by atoms with Crippen LogP contribution in [0.5, 0.6) is 11.5 Å². The van der Waals surface area contributed by atoms with E-state index in [0.717, 1.165) is 4.68 Å². The molecule has 3 aromatic carbocycles. The Balaban J connectivity index is 1.59. The SMILES string of the molecule is COc1cc(NC(=O)c2nn(-c3ccccc3)c(=O)[nH]2)c(OC)cc1NC(=O)c1ccccc1. The number of aromatic amines is 1. The van der Waals surface area contributed by atoms with Gasteiger partial charge in [-0.1, -0.05) is 36.4 Å². The predicted molar refractivity (Wildman–Crippen MR) is 126 cm³/mol. The highest BCUT2D eigenvalue weighted by Gasteiger charge is 2.19. The van der Waals surface area contributed by atoms with Gasteiger partial charge >= 0.3 is 5.69 Å². The van der Waals surface area contributed by atoms with Crippen molar-refractivity contribution in [3.63, 3.8) is 0 Å². The number of methoxy groups -OCH3 is 2. The van der Waals surface area contributed by atoms with Gasteiger partial charge in [0.2, 0.25) is 5.82 Å². The molecule has 0 saturated carbocycles. The molecule has 0 spiro atoms. The number of carbonyl (C=O) groups is 2. The van der Waals surface area contributed by atoms with Crippen LogP contribution in [-0.4, -0.2) is 40.8 Å². The molecule has 0 bridgehead atoms. The number of para-hydroxylation sites is 1. The van der Waals surface area contributed by atoms with Crippen molar-refractivity contribution < 1.29 is 19.1 Å². The van der Waals surface area contributed by atoms with Gasteiger partial charge in [0.25, 0.3) is 11.8 Å². The van der Waals surface area contributed by atoms with Crippen LogP contribution < -0.4 is 25.8 Å². The molecule has 0 atom stereocenters. The van der Waals surface area contributed by atoms with Gasteiger partial charge in [-0.15, -0.1) is 5.10 Å². The monoisotopic (exact) mass is 459 g/mol. The third kappa shape index (κ3) is 4.65. The molecular formula is C24H21N5O5. The lowest BCUT2D eigenvalue weighted by atomic mass is 10.2. The average molecular weight is 459 g/mol. The van der Waals surface area contributed by atoms with Gasteiger partial charge in [-0.25, -0.2) is 4.79 Å². The highest BCUT2D eigenvalue weighted by Crippen LogP contribution is 2.36. The van der Waals surface area contributed by atoms with Crippen molar-refractivity contribution in [2.75, 3.05) is 24.9 Å². The van der Waals surface area contributed by atoms with E-state index in [-0.39, 0.29) is 23.2 Å². The predicted octanol–water partition coefficient (Wildman–Crippen LogP) is 3.08. The van der Waals surface area contributed by atoms with E-state index in [4.69, 9.17) is 9.47 Å². The first-order chi connectivity index (χ1) is 16.5. The molecule has 0 aliphatic heterocycles. The van der Waals surface area contributed by atoms with Crippen LogP contribution in [-0.2, 0) is 0 Å². The van der Waals surface area contributed by atoms with Crippen molar-refractivity contribution >= 4 is 23.2 Å². The second-order valence-electron chi connectivity index (χ2n) is 7.05. The van der Waals surface area contributed by atoms with Gasteiger partial charge in [0.05, 0.1) is 31.3 Å². The minimum atomic E-state index is -0.659. The van der Waals surface area contributed by atoms with Gasteiger partial charge in [0.15, 0.2) is 0 Å². The lowest BCUT2D eigenvalue weighted by Gasteiger charge is -2.16. The maximum absolute atomic E-state index is 12.8. The largest absolute Gasteiger partial charge is 0.494 e. The molecule has 4 rings (SSSR count). The maximum atomic E-state index is 12.8. The lowest BCUT2D eigenvalue weighted by Crippen LogP contribution is -2.16. The zero-order valence-corrected chi connectivity index (χ0v) is 18.4. The molecule has 0 saturated heterocycles. The third-order valence-electron chi connectivity index (χ3n) is 4.89. The molecule has 4 aromatic rings. The van der Waals surface area contributed by atoms with Crippen molar-refractivity contribution in [3.05, 3.63) is 94.7 Å². The van der Waals surface area contributed by atoms with E-state index < -0.39 is 11.6 Å². The maximum Gasteiger partial charge on any atom is 0.348 e. The fourth-order valence-electron chi connectivity index (χ4n) is 3.23. The molecule has 1 heterocycles. The number of nitrogens with one attached hydrogen (secondary N) is 3.